The Labute approximate surface area is 116 Å². The predicted molar refractivity (Wildman–Crippen MR) is 76.9 cm³/mol. The summed E-state index contributed by atoms with van der Waals surface area (Å²) in [5.41, 5.74) is 1.76. The van der Waals surface area contributed by atoms with E-state index in [9.17, 15) is 4.79 Å². The van der Waals surface area contributed by atoms with Crippen molar-refractivity contribution < 1.29 is 4.79 Å². The Balaban J connectivity index is 1.74. The highest BCUT2D eigenvalue weighted by Crippen LogP contribution is 2.18. The van der Waals surface area contributed by atoms with Crippen LogP contribution in [0.4, 0.5) is 0 Å². The standard InChI is InChI=1S/C14H19BrN2O/c1-10-3-4-11(15)9-13(10)14(18)17-8-2-7-16-12-5-6-12/h3-4,9,12,16H,2,5-8H2,1H3,(H,17,18). The summed E-state index contributed by atoms with van der Waals surface area (Å²) in [6.07, 6.45) is 3.60. The molecule has 4 heteroatoms. The van der Waals surface area contributed by atoms with Crippen molar-refractivity contribution in [3.63, 3.8) is 0 Å². The number of hydrogen-bond donors (Lipinski definition) is 2. The van der Waals surface area contributed by atoms with Crippen molar-refractivity contribution in [2.45, 2.75) is 32.2 Å². The fourth-order valence-corrected chi connectivity index (χ4v) is 2.18. The first-order valence-electron chi connectivity index (χ1n) is 6.44. The monoisotopic (exact) mass is 310 g/mol. The molecular formula is C14H19BrN2O. The number of hydrogen-bond acceptors (Lipinski definition) is 2. The van der Waals surface area contributed by atoms with Gasteiger partial charge in [-0.2, -0.15) is 0 Å². The second kappa shape index (κ2) is 6.34. The van der Waals surface area contributed by atoms with E-state index < -0.39 is 0 Å². The fraction of sp³-hybridized carbons (Fsp3) is 0.500. The van der Waals surface area contributed by atoms with Crippen molar-refractivity contribution in [1.29, 1.82) is 0 Å². The largest absolute Gasteiger partial charge is 0.352 e. The lowest BCUT2D eigenvalue weighted by Gasteiger charge is -2.08. The molecule has 1 aliphatic rings. The molecular weight excluding hydrogens is 292 g/mol. The highest BCUT2D eigenvalue weighted by Gasteiger charge is 2.19. The molecule has 2 N–H and O–H groups in total. The Morgan fingerprint density at radius 3 is 2.89 bits per heavy atom. The van der Waals surface area contributed by atoms with Gasteiger partial charge in [0.1, 0.15) is 0 Å². The van der Waals surface area contributed by atoms with Gasteiger partial charge in [-0.3, -0.25) is 4.79 Å². The lowest BCUT2D eigenvalue weighted by molar-refractivity contribution is 0.0952. The van der Waals surface area contributed by atoms with E-state index >= 15 is 0 Å². The van der Waals surface area contributed by atoms with Crippen molar-refractivity contribution in [3.8, 4) is 0 Å². The minimum absolute atomic E-state index is 0.0141. The zero-order valence-electron chi connectivity index (χ0n) is 10.6. The summed E-state index contributed by atoms with van der Waals surface area (Å²) in [5.74, 6) is 0.0141. The van der Waals surface area contributed by atoms with E-state index in [0.29, 0.717) is 0 Å². The van der Waals surface area contributed by atoms with E-state index in [4.69, 9.17) is 0 Å². The van der Waals surface area contributed by atoms with Gasteiger partial charge in [0.15, 0.2) is 0 Å². The average molecular weight is 311 g/mol. The van der Waals surface area contributed by atoms with Crippen LogP contribution in [0, 0.1) is 6.92 Å². The van der Waals surface area contributed by atoms with Gasteiger partial charge in [0, 0.05) is 22.6 Å². The van der Waals surface area contributed by atoms with Gasteiger partial charge in [0.05, 0.1) is 0 Å². The van der Waals surface area contributed by atoms with E-state index in [1.54, 1.807) is 0 Å². The molecule has 0 radical (unpaired) electrons. The number of carbonyl (C=O) groups excluding carboxylic acids is 1. The number of halogens is 1. The predicted octanol–water partition coefficient (Wildman–Crippen LogP) is 2.63. The SMILES string of the molecule is Cc1ccc(Br)cc1C(=O)NCCCNC1CC1. The Bertz CT molecular complexity index is 430. The molecule has 0 saturated heterocycles. The third-order valence-electron chi connectivity index (χ3n) is 3.09. The van der Waals surface area contributed by atoms with Crippen LogP contribution in [0.1, 0.15) is 35.2 Å². The number of amides is 1. The van der Waals surface area contributed by atoms with Crippen molar-refractivity contribution >= 4 is 21.8 Å². The number of nitrogens with one attached hydrogen (secondary N) is 2. The maximum absolute atomic E-state index is 12.0. The highest BCUT2D eigenvalue weighted by molar-refractivity contribution is 9.10. The van der Waals surface area contributed by atoms with Gasteiger partial charge in [0.2, 0.25) is 0 Å². The minimum Gasteiger partial charge on any atom is -0.352 e. The smallest absolute Gasteiger partial charge is 0.251 e. The molecule has 0 atom stereocenters. The van der Waals surface area contributed by atoms with Crippen molar-refractivity contribution in [3.05, 3.63) is 33.8 Å². The normalized spacial score (nSPS) is 14.6. The Morgan fingerprint density at radius 1 is 1.39 bits per heavy atom. The van der Waals surface area contributed by atoms with E-state index in [1.165, 1.54) is 12.8 Å². The van der Waals surface area contributed by atoms with Gasteiger partial charge >= 0.3 is 0 Å². The summed E-state index contributed by atoms with van der Waals surface area (Å²) in [6, 6.07) is 6.51. The summed E-state index contributed by atoms with van der Waals surface area (Å²) < 4.78 is 0.939. The summed E-state index contributed by atoms with van der Waals surface area (Å²) >= 11 is 3.39. The molecule has 1 aliphatic carbocycles. The molecule has 0 unspecified atom stereocenters. The zero-order chi connectivity index (χ0) is 13.0. The van der Waals surface area contributed by atoms with Crippen molar-refractivity contribution in [1.82, 2.24) is 10.6 Å². The first-order chi connectivity index (χ1) is 8.66. The van der Waals surface area contributed by atoms with Gasteiger partial charge in [-0.15, -0.1) is 0 Å². The quantitative estimate of drug-likeness (QED) is 0.793. The first-order valence-corrected chi connectivity index (χ1v) is 7.24. The number of carbonyl (C=O) groups is 1. The van der Waals surface area contributed by atoms with Crippen molar-refractivity contribution in [2.75, 3.05) is 13.1 Å². The van der Waals surface area contributed by atoms with Crippen LogP contribution in [-0.4, -0.2) is 25.0 Å². The van der Waals surface area contributed by atoms with E-state index in [2.05, 4.69) is 26.6 Å². The maximum atomic E-state index is 12.0. The number of benzene rings is 1. The van der Waals surface area contributed by atoms with Crippen LogP contribution in [0.15, 0.2) is 22.7 Å². The minimum atomic E-state index is 0.0141. The molecule has 1 saturated carbocycles. The molecule has 0 aliphatic heterocycles. The topological polar surface area (TPSA) is 41.1 Å². The van der Waals surface area contributed by atoms with Gasteiger partial charge < -0.3 is 10.6 Å². The third-order valence-corrected chi connectivity index (χ3v) is 3.59. The molecule has 1 aromatic rings. The average Bonchev–Trinajstić information content (AvgIpc) is 3.15. The Hall–Kier alpha value is -0.870. The molecule has 0 heterocycles. The molecule has 0 spiro atoms. The van der Waals surface area contributed by atoms with E-state index in [1.807, 2.05) is 25.1 Å². The molecule has 3 nitrogen and oxygen atoms in total. The second-order valence-corrected chi connectivity index (χ2v) is 5.71. The van der Waals surface area contributed by atoms with Gasteiger partial charge in [-0.05, 0) is 50.4 Å². The van der Waals surface area contributed by atoms with Crippen LogP contribution in [0.2, 0.25) is 0 Å². The summed E-state index contributed by atoms with van der Waals surface area (Å²) in [5, 5.41) is 6.39. The summed E-state index contributed by atoms with van der Waals surface area (Å²) in [7, 11) is 0. The van der Waals surface area contributed by atoms with Gasteiger partial charge in [0.25, 0.3) is 5.91 Å². The van der Waals surface area contributed by atoms with Crippen LogP contribution >= 0.6 is 15.9 Å². The van der Waals surface area contributed by atoms with E-state index in [-0.39, 0.29) is 5.91 Å². The molecule has 2 rings (SSSR count). The van der Waals surface area contributed by atoms with Crippen LogP contribution in [-0.2, 0) is 0 Å². The van der Waals surface area contributed by atoms with E-state index in [0.717, 1.165) is 41.2 Å². The zero-order valence-corrected chi connectivity index (χ0v) is 12.2. The molecule has 98 valence electrons. The number of rotatable bonds is 6. The van der Waals surface area contributed by atoms with Crippen LogP contribution in [0.25, 0.3) is 0 Å². The molecule has 0 bridgehead atoms. The summed E-state index contributed by atoms with van der Waals surface area (Å²) in [4.78, 5) is 12.0. The van der Waals surface area contributed by atoms with Crippen LogP contribution in [0.3, 0.4) is 0 Å². The third kappa shape index (κ3) is 4.10. The van der Waals surface area contributed by atoms with Crippen molar-refractivity contribution in [2.24, 2.45) is 0 Å². The fourth-order valence-electron chi connectivity index (χ4n) is 1.82. The second-order valence-electron chi connectivity index (χ2n) is 4.80. The molecule has 0 aromatic heterocycles. The highest BCUT2D eigenvalue weighted by atomic mass is 79.9. The Kier molecular flexibility index (Phi) is 4.78. The molecule has 1 amide bonds. The molecule has 18 heavy (non-hydrogen) atoms. The Morgan fingerprint density at radius 2 is 2.17 bits per heavy atom. The van der Waals surface area contributed by atoms with Gasteiger partial charge in [-0.1, -0.05) is 22.0 Å². The lowest BCUT2D eigenvalue weighted by atomic mass is 10.1. The maximum Gasteiger partial charge on any atom is 0.251 e. The van der Waals surface area contributed by atoms with Crippen LogP contribution in [0.5, 0.6) is 0 Å². The van der Waals surface area contributed by atoms with Crippen LogP contribution < -0.4 is 10.6 Å². The van der Waals surface area contributed by atoms with Gasteiger partial charge in [-0.25, -0.2) is 0 Å². The molecule has 1 aromatic carbocycles. The summed E-state index contributed by atoms with van der Waals surface area (Å²) in [6.45, 7) is 3.67. The first kappa shape index (κ1) is 13.6. The number of aryl methyl sites for hydroxylation is 1. The lowest BCUT2D eigenvalue weighted by Crippen LogP contribution is -2.28. The molecule has 1 fully saturated rings.